The molecule has 50 heavy (non-hydrogen) atoms. The van der Waals surface area contributed by atoms with E-state index in [0.717, 1.165) is 91.6 Å². The van der Waals surface area contributed by atoms with Gasteiger partial charge in [0.15, 0.2) is 0 Å². The first kappa shape index (κ1) is 31.3. The summed E-state index contributed by atoms with van der Waals surface area (Å²) >= 11 is 0. The van der Waals surface area contributed by atoms with Crippen molar-refractivity contribution in [1.29, 1.82) is 0 Å². The summed E-state index contributed by atoms with van der Waals surface area (Å²) in [6.45, 7) is 0. The fourth-order valence-corrected chi connectivity index (χ4v) is 30.6. The van der Waals surface area contributed by atoms with Crippen molar-refractivity contribution in [2.75, 3.05) is 0 Å². The second-order valence-corrected chi connectivity index (χ2v) is 29.7. The van der Waals surface area contributed by atoms with E-state index in [1.165, 1.54) is 12.3 Å². The van der Waals surface area contributed by atoms with Crippen LogP contribution in [0.4, 0.5) is 0 Å². The molecule has 16 bridgehead atoms. The monoisotopic (exact) mass is 706 g/mol. The van der Waals surface area contributed by atoms with Gasteiger partial charge in [-0.2, -0.15) is 0 Å². The van der Waals surface area contributed by atoms with E-state index in [9.17, 15) is 0 Å². The van der Waals surface area contributed by atoms with Crippen molar-refractivity contribution >= 4 is 15.8 Å². The first-order chi connectivity index (χ1) is 24.4. The molecule has 0 heterocycles. The van der Waals surface area contributed by atoms with Gasteiger partial charge in [0.2, 0.25) is 0 Å². The molecule has 17 rings (SSSR count). The Kier molecular flexibility index (Phi) is 6.82. The van der Waals surface area contributed by atoms with Crippen LogP contribution in [-0.2, 0) is 12.3 Å². The zero-order chi connectivity index (χ0) is 32.5. The fraction of sp³-hybridized carbons (Fsp3) is 0.875. The van der Waals surface area contributed by atoms with Crippen molar-refractivity contribution in [3.05, 3.63) is 35.4 Å². The topological polar surface area (TPSA) is 0 Å². The fourth-order valence-electron chi connectivity index (χ4n) is 20.4. The average Bonchev–Trinajstić information content (AvgIpc) is 3.04. The van der Waals surface area contributed by atoms with Crippen LogP contribution >= 0.6 is 15.8 Å². The van der Waals surface area contributed by atoms with Gasteiger partial charge in [0, 0.05) is 0 Å². The van der Waals surface area contributed by atoms with Crippen LogP contribution in [0.15, 0.2) is 24.3 Å². The van der Waals surface area contributed by atoms with Crippen molar-refractivity contribution in [1.82, 2.24) is 0 Å². The summed E-state index contributed by atoms with van der Waals surface area (Å²) in [4.78, 5) is 0. The molecule has 16 aliphatic rings. The van der Waals surface area contributed by atoms with E-state index in [2.05, 4.69) is 24.3 Å². The van der Waals surface area contributed by atoms with Crippen LogP contribution in [0.3, 0.4) is 0 Å². The van der Waals surface area contributed by atoms with Gasteiger partial charge in [-0.25, -0.2) is 0 Å². The van der Waals surface area contributed by atoms with Crippen LogP contribution in [0.25, 0.3) is 0 Å². The molecule has 0 spiro atoms. The lowest BCUT2D eigenvalue weighted by Crippen LogP contribution is -2.56. The highest BCUT2D eigenvalue weighted by Gasteiger charge is 2.64. The van der Waals surface area contributed by atoms with Gasteiger partial charge in [-0.15, -0.1) is 0 Å². The van der Waals surface area contributed by atoms with Crippen molar-refractivity contribution < 1.29 is 0 Å². The molecule has 16 saturated carbocycles. The SMILES string of the molecule is c1cc(CP(C23CC4CC(CC(C4)C2)C3)C23CC4CC(CC(C4)C2)C3)ccc1CP(C12CC3CC(CC(C3)C1)C2)C12CC3CC(CC(C3)C1)C2. The van der Waals surface area contributed by atoms with Crippen LogP contribution in [0.2, 0.25) is 0 Å². The number of benzene rings is 1. The van der Waals surface area contributed by atoms with Crippen LogP contribution in [0.5, 0.6) is 0 Å². The molecule has 16 aliphatic carbocycles. The number of hydrogen-bond acceptors (Lipinski definition) is 0. The predicted molar refractivity (Wildman–Crippen MR) is 211 cm³/mol. The van der Waals surface area contributed by atoms with E-state index in [1.54, 1.807) is 165 Å². The van der Waals surface area contributed by atoms with Gasteiger partial charge in [0.05, 0.1) is 0 Å². The Bertz CT molecular complexity index is 1170. The lowest BCUT2D eigenvalue weighted by atomic mass is 9.55. The highest BCUT2D eigenvalue weighted by Crippen LogP contribution is 2.81. The standard InChI is InChI=1S/C48H68P2/c1-2-32(30-50(47-23-39-11-40(24-47)13-41(12-39)25-47)48-26-42-14-43(27-48)16-44(15-42)28-48)4-3-31(1)29-49(45-17-33-5-34(18-45)7-35(6-33)19-45)46-20-36-8-37(21-46)10-38(9-36)22-46/h1-4,33-44H,5-30H2. The Hall–Kier alpha value is 0.0800. The minimum atomic E-state index is 0.0549. The largest absolute Gasteiger partial charge is 0.0894 e. The molecule has 0 saturated heterocycles. The Morgan fingerprint density at radius 3 is 0.620 bits per heavy atom. The molecule has 270 valence electrons. The summed E-state index contributed by atoms with van der Waals surface area (Å²) in [6.07, 6.45) is 42.3. The maximum absolute atomic E-state index is 2.78. The van der Waals surface area contributed by atoms with Crippen LogP contribution < -0.4 is 0 Å². The molecule has 0 nitrogen and oxygen atoms in total. The summed E-state index contributed by atoms with van der Waals surface area (Å²) in [7, 11) is 0.110. The van der Waals surface area contributed by atoms with Gasteiger partial charge in [-0.3, -0.25) is 0 Å². The molecule has 0 aliphatic heterocycles. The summed E-state index contributed by atoms with van der Waals surface area (Å²) in [5, 5.41) is 3.05. The van der Waals surface area contributed by atoms with Crippen LogP contribution in [0.1, 0.15) is 165 Å². The van der Waals surface area contributed by atoms with Gasteiger partial charge in [-0.1, -0.05) is 40.1 Å². The smallest absolute Gasteiger partial charge is 0.00631 e. The molecule has 0 N–H and O–H groups in total. The highest BCUT2D eigenvalue weighted by atomic mass is 31.1. The van der Waals surface area contributed by atoms with Crippen LogP contribution in [0, 0.1) is 71.0 Å². The number of hydrogen-bond donors (Lipinski definition) is 0. The third-order valence-electron chi connectivity index (χ3n) is 20.0. The third kappa shape index (κ3) is 4.73. The zero-order valence-corrected chi connectivity index (χ0v) is 33.3. The highest BCUT2D eigenvalue weighted by molar-refractivity contribution is 7.60. The molecule has 0 amide bonds. The summed E-state index contributed by atoms with van der Waals surface area (Å²) < 4.78 is 0. The normalized spacial score (nSPS) is 56.8. The molecule has 0 radical (unpaired) electrons. The molecular formula is C48H68P2. The molecule has 0 atom stereocenters. The van der Waals surface area contributed by atoms with Gasteiger partial charge in [0.25, 0.3) is 0 Å². The summed E-state index contributed by atoms with van der Waals surface area (Å²) in [5.41, 5.74) is 3.58. The second kappa shape index (κ2) is 10.9. The van der Waals surface area contributed by atoms with Gasteiger partial charge in [-0.05, 0) is 269 Å². The predicted octanol–water partition coefficient (Wildman–Crippen LogP) is 13.5. The molecule has 0 aromatic heterocycles. The molecular weight excluding hydrogens is 638 g/mol. The zero-order valence-electron chi connectivity index (χ0n) is 31.5. The minimum Gasteiger partial charge on any atom is -0.0894 e. The summed E-state index contributed by atoms with van der Waals surface area (Å²) in [5.74, 6) is 13.3. The third-order valence-corrected chi connectivity index (χ3v) is 28.2. The first-order valence-corrected chi connectivity index (χ1v) is 26.0. The van der Waals surface area contributed by atoms with E-state index < -0.39 is 0 Å². The van der Waals surface area contributed by atoms with Gasteiger partial charge < -0.3 is 0 Å². The molecule has 1 aromatic rings. The number of rotatable bonds is 8. The van der Waals surface area contributed by atoms with E-state index >= 15 is 0 Å². The maximum Gasteiger partial charge on any atom is -0.00631 e. The first-order valence-electron chi connectivity index (χ1n) is 23.0. The lowest BCUT2D eigenvalue weighted by Gasteiger charge is -2.67. The molecule has 0 unspecified atom stereocenters. The summed E-state index contributed by atoms with van der Waals surface area (Å²) in [6, 6.07) is 11.1. The second-order valence-electron chi connectivity index (χ2n) is 23.6. The average molecular weight is 707 g/mol. The Balaban J connectivity index is 0.833. The Labute approximate surface area is 308 Å². The Morgan fingerprint density at radius 1 is 0.300 bits per heavy atom. The van der Waals surface area contributed by atoms with E-state index in [-0.39, 0.29) is 15.8 Å². The van der Waals surface area contributed by atoms with E-state index in [4.69, 9.17) is 0 Å². The van der Waals surface area contributed by atoms with E-state index in [0.29, 0.717) is 0 Å². The van der Waals surface area contributed by atoms with Crippen molar-refractivity contribution in [2.45, 2.75) is 187 Å². The molecule has 16 fully saturated rings. The minimum absolute atomic E-state index is 0.0549. The maximum atomic E-state index is 2.78. The van der Waals surface area contributed by atoms with Crippen molar-refractivity contribution in [3.63, 3.8) is 0 Å². The molecule has 1 aromatic carbocycles. The van der Waals surface area contributed by atoms with Crippen molar-refractivity contribution in [2.24, 2.45) is 71.0 Å². The molecule has 2 heteroatoms. The van der Waals surface area contributed by atoms with E-state index in [1.807, 2.05) is 0 Å². The van der Waals surface area contributed by atoms with Crippen molar-refractivity contribution in [3.8, 4) is 0 Å². The van der Waals surface area contributed by atoms with Gasteiger partial charge in [0.1, 0.15) is 0 Å². The Morgan fingerprint density at radius 2 is 0.460 bits per heavy atom. The quantitative estimate of drug-likeness (QED) is 0.236. The lowest BCUT2D eigenvalue weighted by molar-refractivity contribution is 0.0181. The van der Waals surface area contributed by atoms with Crippen LogP contribution in [-0.4, -0.2) is 20.6 Å². The van der Waals surface area contributed by atoms with Gasteiger partial charge >= 0.3 is 0 Å².